The van der Waals surface area contributed by atoms with Gasteiger partial charge in [0.1, 0.15) is 6.61 Å². The largest absolute Gasteiger partial charge is 0.460 e. The summed E-state index contributed by atoms with van der Waals surface area (Å²) in [5, 5.41) is 2.86. The second-order valence-electron chi connectivity index (χ2n) is 11.8. The van der Waals surface area contributed by atoms with Crippen LogP contribution in [0.4, 0.5) is 24.5 Å². The summed E-state index contributed by atoms with van der Waals surface area (Å²) < 4.78 is 99.0. The van der Waals surface area contributed by atoms with Gasteiger partial charge in [-0.05, 0) is 44.4 Å². The highest BCUT2D eigenvalue weighted by molar-refractivity contribution is 5.96. The number of nitrogens with one attached hydrogen (secondary N) is 1. The fraction of sp³-hybridized carbons (Fsp3) is 0.658. The standard InChI is InChI=1S/C38H59F3N2O12/c1-43(2)10-11-45-12-13-46-14-15-47-16-17-48-18-19-49-20-21-50-22-23-51-24-25-52-26-27-53-28-29-54-30-31-55-37(44)35-8-3-4-9-36(35)42-34-7-5-6-33(32-34)38(39,40)41/h3-9,32,42H,10-31H2,1-2H3. The van der Waals surface area contributed by atoms with Crippen LogP contribution in [0.25, 0.3) is 0 Å². The molecule has 2 aromatic rings. The fourth-order valence-corrected chi connectivity index (χ4v) is 4.30. The summed E-state index contributed by atoms with van der Waals surface area (Å²) in [5.74, 6) is -0.628. The molecule has 0 spiro atoms. The fourth-order valence-electron chi connectivity index (χ4n) is 4.30. The van der Waals surface area contributed by atoms with Gasteiger partial charge in [-0.2, -0.15) is 13.2 Å². The number of para-hydroxylation sites is 1. The lowest BCUT2D eigenvalue weighted by Crippen LogP contribution is -2.19. The first kappa shape index (κ1) is 48.2. The van der Waals surface area contributed by atoms with Crippen molar-refractivity contribution in [2.45, 2.75) is 6.18 Å². The second-order valence-corrected chi connectivity index (χ2v) is 11.8. The van der Waals surface area contributed by atoms with E-state index in [-0.39, 0.29) is 24.5 Å². The van der Waals surface area contributed by atoms with Gasteiger partial charge in [0, 0.05) is 12.2 Å². The monoisotopic (exact) mass is 792 g/mol. The molecular weight excluding hydrogens is 733 g/mol. The molecular formula is C38H59F3N2O12. The van der Waals surface area contributed by atoms with Crippen LogP contribution in [0.5, 0.6) is 0 Å². The van der Waals surface area contributed by atoms with Crippen LogP contribution in [-0.4, -0.2) is 170 Å². The molecule has 0 aliphatic heterocycles. The Morgan fingerprint density at radius 2 is 0.909 bits per heavy atom. The molecule has 2 rings (SSSR count). The Morgan fingerprint density at radius 1 is 0.527 bits per heavy atom. The van der Waals surface area contributed by atoms with Gasteiger partial charge >= 0.3 is 12.1 Å². The van der Waals surface area contributed by atoms with Crippen LogP contribution in [0.15, 0.2) is 48.5 Å². The Kier molecular flexibility index (Phi) is 28.2. The molecule has 1 N–H and O–H groups in total. The maximum atomic E-state index is 13.1. The van der Waals surface area contributed by atoms with E-state index in [1.54, 1.807) is 18.2 Å². The van der Waals surface area contributed by atoms with Crippen molar-refractivity contribution in [2.75, 3.05) is 165 Å². The molecule has 17 heteroatoms. The smallest absolute Gasteiger partial charge is 0.416 e. The zero-order valence-corrected chi connectivity index (χ0v) is 32.2. The molecule has 0 amide bonds. The molecule has 0 saturated heterocycles. The van der Waals surface area contributed by atoms with Crippen LogP contribution >= 0.6 is 0 Å². The van der Waals surface area contributed by atoms with E-state index in [1.165, 1.54) is 18.2 Å². The number of benzene rings is 2. The van der Waals surface area contributed by atoms with Crippen molar-refractivity contribution >= 4 is 17.3 Å². The van der Waals surface area contributed by atoms with Gasteiger partial charge < -0.3 is 62.3 Å². The maximum absolute atomic E-state index is 13.1. The van der Waals surface area contributed by atoms with E-state index in [2.05, 4.69) is 10.2 Å². The van der Waals surface area contributed by atoms with E-state index >= 15 is 0 Å². The van der Waals surface area contributed by atoms with Gasteiger partial charge in [0.15, 0.2) is 0 Å². The van der Waals surface area contributed by atoms with Gasteiger partial charge in [-0.3, -0.25) is 0 Å². The minimum atomic E-state index is -4.48. The maximum Gasteiger partial charge on any atom is 0.416 e. The molecule has 2 aromatic carbocycles. The lowest BCUT2D eigenvalue weighted by molar-refractivity contribution is -0.137. The van der Waals surface area contributed by atoms with Crippen molar-refractivity contribution in [3.63, 3.8) is 0 Å². The molecule has 0 heterocycles. The van der Waals surface area contributed by atoms with Crippen LogP contribution in [-0.2, 0) is 58.3 Å². The number of esters is 1. The number of hydrogen-bond acceptors (Lipinski definition) is 14. The summed E-state index contributed by atoms with van der Waals surface area (Å²) in [7, 11) is 4.02. The van der Waals surface area contributed by atoms with Gasteiger partial charge in [-0.1, -0.05) is 18.2 Å². The van der Waals surface area contributed by atoms with E-state index in [0.717, 1.165) is 18.7 Å². The molecule has 0 saturated carbocycles. The summed E-state index contributed by atoms with van der Waals surface area (Å²) in [6.45, 7) is 10.1. The third kappa shape index (κ3) is 26.5. The van der Waals surface area contributed by atoms with Crippen molar-refractivity contribution < 1.29 is 70.1 Å². The van der Waals surface area contributed by atoms with E-state index in [9.17, 15) is 18.0 Å². The summed E-state index contributed by atoms with van der Waals surface area (Å²) in [4.78, 5) is 14.7. The van der Waals surface area contributed by atoms with Gasteiger partial charge in [-0.15, -0.1) is 0 Å². The number of nitrogens with zero attached hydrogens (tertiary/aromatic N) is 1. The lowest BCUT2D eigenvalue weighted by atomic mass is 10.1. The Hall–Kier alpha value is -2.94. The zero-order chi connectivity index (χ0) is 39.7. The van der Waals surface area contributed by atoms with E-state index < -0.39 is 17.7 Å². The second kappa shape index (κ2) is 32.2. The Labute approximate surface area is 322 Å². The molecule has 0 unspecified atom stereocenters. The predicted octanol–water partition coefficient (Wildman–Crippen LogP) is 4.33. The van der Waals surface area contributed by atoms with Gasteiger partial charge in [-0.25, -0.2) is 4.79 Å². The van der Waals surface area contributed by atoms with E-state index in [0.29, 0.717) is 131 Å². The highest BCUT2D eigenvalue weighted by atomic mass is 19.4. The van der Waals surface area contributed by atoms with Crippen molar-refractivity contribution in [1.82, 2.24) is 4.90 Å². The van der Waals surface area contributed by atoms with Gasteiger partial charge in [0.05, 0.1) is 149 Å². The van der Waals surface area contributed by atoms with Crippen LogP contribution < -0.4 is 5.32 Å². The molecule has 0 radical (unpaired) electrons. The number of hydrogen-bond donors (Lipinski definition) is 1. The molecule has 0 aromatic heterocycles. The molecule has 0 fully saturated rings. The molecule has 55 heavy (non-hydrogen) atoms. The van der Waals surface area contributed by atoms with Crippen LogP contribution in [0.1, 0.15) is 15.9 Å². The van der Waals surface area contributed by atoms with Crippen LogP contribution in [0, 0.1) is 0 Å². The van der Waals surface area contributed by atoms with Crippen molar-refractivity contribution in [1.29, 1.82) is 0 Å². The topological polar surface area (TPSA) is 134 Å². The Bertz CT molecular complexity index is 1230. The Balaban J connectivity index is 1.28. The Morgan fingerprint density at radius 3 is 1.31 bits per heavy atom. The normalized spacial score (nSPS) is 11.7. The number of carbonyl (C=O) groups is 1. The highest BCUT2D eigenvalue weighted by Crippen LogP contribution is 2.32. The van der Waals surface area contributed by atoms with E-state index in [4.69, 9.17) is 52.1 Å². The first-order valence-corrected chi connectivity index (χ1v) is 18.4. The number of likely N-dealkylation sites (N-methyl/N-ethyl adjacent to an activating group) is 1. The third-order valence-corrected chi connectivity index (χ3v) is 7.11. The van der Waals surface area contributed by atoms with Crippen LogP contribution in [0.2, 0.25) is 0 Å². The summed E-state index contributed by atoms with van der Waals surface area (Å²) in [6.07, 6.45) is -4.48. The SMILES string of the molecule is CN(C)CCOCCOCCOCCOCCOCCOCCOCCOCCOCCOCCOC(=O)c1ccccc1Nc1cccc(C(F)(F)F)c1. The van der Waals surface area contributed by atoms with Gasteiger partial charge in [0.25, 0.3) is 0 Å². The minimum absolute atomic E-state index is 0.00174. The number of ether oxygens (including phenoxy) is 11. The first-order chi connectivity index (χ1) is 26.8. The van der Waals surface area contributed by atoms with Crippen molar-refractivity contribution in [3.8, 4) is 0 Å². The molecule has 0 atom stereocenters. The highest BCUT2D eigenvalue weighted by Gasteiger charge is 2.30. The minimum Gasteiger partial charge on any atom is -0.460 e. The lowest BCUT2D eigenvalue weighted by Gasteiger charge is -2.13. The molecule has 0 aliphatic rings. The predicted molar refractivity (Wildman–Crippen MR) is 198 cm³/mol. The number of rotatable bonds is 36. The summed E-state index contributed by atoms with van der Waals surface area (Å²) >= 11 is 0. The number of alkyl halides is 3. The average molecular weight is 793 g/mol. The summed E-state index contributed by atoms with van der Waals surface area (Å²) in [6, 6.07) is 11.1. The number of carbonyl (C=O) groups excluding carboxylic acids is 1. The van der Waals surface area contributed by atoms with Crippen molar-refractivity contribution in [2.24, 2.45) is 0 Å². The van der Waals surface area contributed by atoms with Crippen LogP contribution in [0.3, 0.4) is 0 Å². The zero-order valence-electron chi connectivity index (χ0n) is 32.2. The quantitative estimate of drug-likeness (QED) is 0.0775. The summed E-state index contributed by atoms with van der Waals surface area (Å²) in [5.41, 5.74) is -0.0902. The third-order valence-electron chi connectivity index (χ3n) is 7.11. The molecule has 14 nitrogen and oxygen atoms in total. The molecule has 0 aliphatic carbocycles. The molecule has 0 bridgehead atoms. The van der Waals surface area contributed by atoms with Crippen molar-refractivity contribution in [3.05, 3.63) is 59.7 Å². The molecule has 314 valence electrons. The first-order valence-electron chi connectivity index (χ1n) is 18.4. The average Bonchev–Trinajstić information content (AvgIpc) is 3.16. The number of anilines is 2. The van der Waals surface area contributed by atoms with Gasteiger partial charge in [0.2, 0.25) is 0 Å². The van der Waals surface area contributed by atoms with E-state index in [1.807, 2.05) is 14.1 Å². The number of halogens is 3.